The van der Waals surface area contributed by atoms with Crippen LogP contribution >= 0.6 is 11.6 Å². The fourth-order valence-corrected chi connectivity index (χ4v) is 4.41. The van der Waals surface area contributed by atoms with E-state index in [2.05, 4.69) is 5.32 Å². The van der Waals surface area contributed by atoms with E-state index >= 15 is 0 Å². The molecule has 2 aliphatic carbocycles. The van der Waals surface area contributed by atoms with Crippen molar-refractivity contribution in [3.63, 3.8) is 0 Å². The number of halogens is 1. The number of amides is 1. The van der Waals surface area contributed by atoms with Crippen LogP contribution in [0.5, 0.6) is 0 Å². The van der Waals surface area contributed by atoms with Crippen molar-refractivity contribution >= 4 is 27.7 Å². The first-order chi connectivity index (χ1) is 9.38. The summed E-state index contributed by atoms with van der Waals surface area (Å²) in [6.07, 6.45) is 7.58. The lowest BCUT2D eigenvalue weighted by molar-refractivity contribution is -0.125. The van der Waals surface area contributed by atoms with Gasteiger partial charge in [0, 0.05) is 26.9 Å². The summed E-state index contributed by atoms with van der Waals surface area (Å²) in [5.41, 5.74) is 0.869. The first kappa shape index (κ1) is 16.0. The van der Waals surface area contributed by atoms with Gasteiger partial charge in [-0.05, 0) is 51.4 Å². The Morgan fingerprint density at radius 3 is 2.40 bits per heavy atom. The monoisotopic (exact) mass is 319 g/mol. The molecule has 114 valence electrons. The number of rotatable bonds is 3. The third-order valence-corrected chi connectivity index (χ3v) is 6.42. The molecule has 0 aliphatic heterocycles. The van der Waals surface area contributed by atoms with Gasteiger partial charge in [0.15, 0.2) is 0 Å². The van der Waals surface area contributed by atoms with E-state index in [1.54, 1.807) is 0 Å². The smallest absolute Gasteiger partial charge is 0.227 e. The Labute approximate surface area is 126 Å². The summed E-state index contributed by atoms with van der Waals surface area (Å²) in [5, 5.41) is 3.45. The third kappa shape index (κ3) is 4.06. The SMILES string of the molecule is C[S+](=O)([O-])C1CCC(C(=O)NC2=C(Cl)CCCC2)CC1. The first-order valence-electron chi connectivity index (χ1n) is 7.25. The van der Waals surface area contributed by atoms with Crippen LogP contribution < -0.4 is 5.32 Å². The second-order valence-electron chi connectivity index (χ2n) is 5.88. The topological polar surface area (TPSA) is 69.2 Å². The molecule has 1 fully saturated rings. The number of hydrogen-bond donors (Lipinski definition) is 1. The predicted octanol–water partition coefficient (Wildman–Crippen LogP) is 2.95. The summed E-state index contributed by atoms with van der Waals surface area (Å²) in [5.74, 6) is -0.0705. The number of allylic oxidation sites excluding steroid dienone is 2. The molecule has 0 heterocycles. The Kier molecular flexibility index (Phi) is 5.26. The highest BCUT2D eigenvalue weighted by atomic mass is 35.5. The van der Waals surface area contributed by atoms with E-state index in [0.29, 0.717) is 25.7 Å². The van der Waals surface area contributed by atoms with Crippen molar-refractivity contribution in [2.45, 2.75) is 56.6 Å². The molecule has 2 rings (SSSR count). The van der Waals surface area contributed by atoms with E-state index in [-0.39, 0.29) is 17.1 Å². The Balaban J connectivity index is 1.88. The number of nitrogens with one attached hydrogen (secondary N) is 1. The molecule has 2 aliphatic rings. The van der Waals surface area contributed by atoms with Gasteiger partial charge in [-0.15, -0.1) is 4.21 Å². The predicted molar refractivity (Wildman–Crippen MR) is 80.0 cm³/mol. The number of hydrogen-bond acceptors (Lipinski definition) is 3. The van der Waals surface area contributed by atoms with Crippen LogP contribution in [0.1, 0.15) is 51.4 Å². The lowest BCUT2D eigenvalue weighted by atomic mass is 9.88. The normalized spacial score (nSPS) is 30.8. The van der Waals surface area contributed by atoms with Crippen molar-refractivity contribution in [1.82, 2.24) is 5.32 Å². The lowest BCUT2D eigenvalue weighted by Gasteiger charge is -2.30. The average Bonchev–Trinajstić information content (AvgIpc) is 2.40. The fraction of sp³-hybridized carbons (Fsp3) is 0.786. The van der Waals surface area contributed by atoms with E-state index in [4.69, 9.17) is 11.6 Å². The minimum atomic E-state index is -2.97. The molecular formula is C14H22ClNO3S. The molecule has 0 aromatic carbocycles. The molecule has 6 heteroatoms. The highest BCUT2D eigenvalue weighted by molar-refractivity contribution is 7.97. The number of sulfone groups is 1. The van der Waals surface area contributed by atoms with Crippen LogP contribution in [-0.4, -0.2) is 22.0 Å². The van der Waals surface area contributed by atoms with Crippen LogP contribution in [0.4, 0.5) is 0 Å². The maximum absolute atomic E-state index is 12.2. The van der Waals surface area contributed by atoms with Gasteiger partial charge in [0.1, 0.15) is 5.25 Å². The highest BCUT2D eigenvalue weighted by Crippen LogP contribution is 2.31. The largest absolute Gasteiger partial charge is 0.615 e. The minimum absolute atomic E-state index is 0.00648. The maximum Gasteiger partial charge on any atom is 0.227 e. The van der Waals surface area contributed by atoms with E-state index < -0.39 is 10.2 Å². The molecule has 20 heavy (non-hydrogen) atoms. The van der Waals surface area contributed by atoms with Crippen LogP contribution in [0.15, 0.2) is 10.7 Å². The van der Waals surface area contributed by atoms with Gasteiger partial charge in [0.25, 0.3) is 0 Å². The van der Waals surface area contributed by atoms with E-state index in [1.165, 1.54) is 6.26 Å². The second kappa shape index (κ2) is 6.58. The van der Waals surface area contributed by atoms with Crippen LogP contribution in [0.2, 0.25) is 0 Å². The minimum Gasteiger partial charge on any atom is -0.615 e. The van der Waals surface area contributed by atoms with Gasteiger partial charge in [0.2, 0.25) is 5.91 Å². The molecule has 0 radical (unpaired) electrons. The van der Waals surface area contributed by atoms with Crippen molar-refractivity contribution in [2.75, 3.05) is 6.26 Å². The molecule has 1 saturated carbocycles. The molecule has 0 bridgehead atoms. The Bertz CT molecular complexity index is 449. The average molecular weight is 320 g/mol. The van der Waals surface area contributed by atoms with Crippen molar-refractivity contribution in [3.05, 3.63) is 10.7 Å². The Morgan fingerprint density at radius 2 is 1.85 bits per heavy atom. The summed E-state index contributed by atoms with van der Waals surface area (Å²) < 4.78 is 23.0. The lowest BCUT2D eigenvalue weighted by Crippen LogP contribution is -2.37. The maximum atomic E-state index is 12.2. The number of carbonyl (C=O) groups excluding carboxylic acids is 1. The molecule has 1 amide bonds. The third-order valence-electron chi connectivity index (χ3n) is 4.33. The first-order valence-corrected chi connectivity index (χ1v) is 9.58. The van der Waals surface area contributed by atoms with Crippen LogP contribution in [0, 0.1) is 5.92 Å². The van der Waals surface area contributed by atoms with Crippen molar-refractivity contribution < 1.29 is 13.6 Å². The molecule has 1 atom stereocenters. The van der Waals surface area contributed by atoms with Crippen LogP contribution in [0.3, 0.4) is 0 Å². The summed E-state index contributed by atoms with van der Waals surface area (Å²) in [6, 6.07) is 0. The molecule has 0 spiro atoms. The van der Waals surface area contributed by atoms with Gasteiger partial charge in [-0.25, -0.2) is 0 Å². The fourth-order valence-electron chi connectivity index (χ4n) is 3.00. The van der Waals surface area contributed by atoms with Gasteiger partial charge in [0.05, 0.1) is 6.26 Å². The zero-order valence-corrected chi connectivity index (χ0v) is 13.4. The molecule has 0 aromatic heterocycles. The zero-order chi connectivity index (χ0) is 14.8. The van der Waals surface area contributed by atoms with Gasteiger partial charge < -0.3 is 9.87 Å². The summed E-state index contributed by atoms with van der Waals surface area (Å²) >= 11 is 6.13. The zero-order valence-electron chi connectivity index (χ0n) is 11.8. The number of carbonyl (C=O) groups is 1. The van der Waals surface area contributed by atoms with Crippen molar-refractivity contribution in [1.29, 1.82) is 0 Å². The standard InChI is InChI=1S/C14H22ClNO3S/c1-20(18,19)11-8-6-10(7-9-11)14(17)16-13-5-3-2-4-12(13)15/h10-11H,2-9H2,1H3,(H-,16,17,18,19). The summed E-state index contributed by atoms with van der Waals surface area (Å²) in [7, 11) is -2.97. The van der Waals surface area contributed by atoms with E-state index in [1.807, 2.05) is 0 Å². The quantitative estimate of drug-likeness (QED) is 0.813. The van der Waals surface area contributed by atoms with Crippen molar-refractivity contribution in [2.24, 2.45) is 5.92 Å². The summed E-state index contributed by atoms with van der Waals surface area (Å²) in [6.45, 7) is 0. The van der Waals surface area contributed by atoms with Gasteiger partial charge in [-0.3, -0.25) is 4.79 Å². The highest BCUT2D eigenvalue weighted by Gasteiger charge is 2.34. The van der Waals surface area contributed by atoms with E-state index in [9.17, 15) is 13.6 Å². The van der Waals surface area contributed by atoms with Crippen molar-refractivity contribution in [3.8, 4) is 0 Å². The van der Waals surface area contributed by atoms with Gasteiger partial charge in [-0.2, -0.15) is 0 Å². The molecule has 1 N–H and O–H groups in total. The Morgan fingerprint density at radius 1 is 1.25 bits per heavy atom. The van der Waals surface area contributed by atoms with Crippen LogP contribution in [-0.2, 0) is 19.2 Å². The molecule has 0 saturated heterocycles. The van der Waals surface area contributed by atoms with E-state index in [0.717, 1.165) is 36.4 Å². The molecule has 4 nitrogen and oxygen atoms in total. The van der Waals surface area contributed by atoms with Crippen LogP contribution in [0.25, 0.3) is 0 Å². The van der Waals surface area contributed by atoms with Gasteiger partial charge in [-0.1, -0.05) is 11.6 Å². The van der Waals surface area contributed by atoms with Gasteiger partial charge >= 0.3 is 0 Å². The summed E-state index contributed by atoms with van der Waals surface area (Å²) in [4.78, 5) is 12.2. The molecule has 1 unspecified atom stereocenters. The second-order valence-corrected chi connectivity index (χ2v) is 8.66. The molecular weight excluding hydrogens is 298 g/mol. The molecule has 0 aromatic rings. The Hall–Kier alpha value is -0.390.